The lowest BCUT2D eigenvalue weighted by atomic mass is 10.1. The molecule has 1 aliphatic heterocycles. The van der Waals surface area contributed by atoms with Gasteiger partial charge in [0.05, 0.1) is 11.7 Å². The maximum Gasteiger partial charge on any atom is 0.258 e. The molecule has 1 aromatic heterocycles. The summed E-state index contributed by atoms with van der Waals surface area (Å²) in [5, 5.41) is 5.84. The van der Waals surface area contributed by atoms with Gasteiger partial charge in [-0.25, -0.2) is 9.97 Å². The Morgan fingerprint density at radius 2 is 2.04 bits per heavy atom. The van der Waals surface area contributed by atoms with Gasteiger partial charge in [0.15, 0.2) is 5.78 Å². The van der Waals surface area contributed by atoms with Gasteiger partial charge in [0.1, 0.15) is 0 Å². The number of hydrogen-bond acceptors (Lipinski definition) is 6. The lowest BCUT2D eigenvalue weighted by molar-refractivity contribution is 0.101. The van der Waals surface area contributed by atoms with E-state index in [0.717, 1.165) is 19.4 Å². The predicted octanol–water partition coefficient (Wildman–Crippen LogP) is 2.52. The van der Waals surface area contributed by atoms with E-state index in [4.69, 9.17) is 4.74 Å². The molecule has 1 unspecified atom stereocenters. The van der Waals surface area contributed by atoms with E-state index in [2.05, 4.69) is 20.6 Å². The molecule has 0 radical (unpaired) electrons. The monoisotopic (exact) mass is 340 g/mol. The van der Waals surface area contributed by atoms with Crippen molar-refractivity contribution in [3.8, 4) is 0 Å². The molecule has 3 rings (SSSR count). The Morgan fingerprint density at radius 1 is 1.24 bits per heavy atom. The van der Waals surface area contributed by atoms with Gasteiger partial charge < -0.3 is 15.4 Å². The SMILES string of the molecule is CC(=O)c1cccc(NC(=O)c2cnc(NCC3CCCO3)nc2)c1. The maximum atomic E-state index is 12.3. The number of Topliss-reactive ketones (excluding diaryl/α,β-unsaturated/α-hetero) is 1. The maximum absolute atomic E-state index is 12.3. The lowest BCUT2D eigenvalue weighted by Crippen LogP contribution is -2.20. The zero-order valence-corrected chi connectivity index (χ0v) is 14.0. The molecule has 7 heteroatoms. The second-order valence-corrected chi connectivity index (χ2v) is 5.90. The normalized spacial score (nSPS) is 16.4. The van der Waals surface area contributed by atoms with E-state index in [1.165, 1.54) is 19.3 Å². The first-order chi connectivity index (χ1) is 12.1. The Hall–Kier alpha value is -2.80. The van der Waals surface area contributed by atoms with Crippen LogP contribution in [0.3, 0.4) is 0 Å². The number of hydrogen-bond donors (Lipinski definition) is 2. The van der Waals surface area contributed by atoms with Gasteiger partial charge >= 0.3 is 0 Å². The minimum absolute atomic E-state index is 0.0545. The van der Waals surface area contributed by atoms with Crippen molar-refractivity contribution in [2.75, 3.05) is 23.8 Å². The van der Waals surface area contributed by atoms with Gasteiger partial charge in [-0.3, -0.25) is 9.59 Å². The van der Waals surface area contributed by atoms with Crippen LogP contribution in [0.2, 0.25) is 0 Å². The molecule has 2 N–H and O–H groups in total. The molecular weight excluding hydrogens is 320 g/mol. The number of anilines is 2. The fourth-order valence-electron chi connectivity index (χ4n) is 2.57. The number of carbonyl (C=O) groups excluding carboxylic acids is 2. The van der Waals surface area contributed by atoms with Crippen LogP contribution in [-0.2, 0) is 4.74 Å². The number of ether oxygens (including phenoxy) is 1. The van der Waals surface area contributed by atoms with Crippen molar-refractivity contribution < 1.29 is 14.3 Å². The highest BCUT2D eigenvalue weighted by molar-refractivity contribution is 6.04. The summed E-state index contributed by atoms with van der Waals surface area (Å²) in [6.45, 7) is 2.94. The average Bonchev–Trinajstić information content (AvgIpc) is 3.14. The highest BCUT2D eigenvalue weighted by Gasteiger charge is 2.15. The Bertz CT molecular complexity index is 755. The minimum Gasteiger partial charge on any atom is -0.376 e. The number of ketones is 1. The van der Waals surface area contributed by atoms with Crippen LogP contribution in [0, 0.1) is 0 Å². The van der Waals surface area contributed by atoms with Crippen molar-refractivity contribution in [3.05, 3.63) is 47.8 Å². The van der Waals surface area contributed by atoms with Crippen molar-refractivity contribution in [3.63, 3.8) is 0 Å². The van der Waals surface area contributed by atoms with Gasteiger partial charge in [-0.15, -0.1) is 0 Å². The summed E-state index contributed by atoms with van der Waals surface area (Å²) in [6.07, 6.45) is 5.24. The number of aromatic nitrogens is 2. The molecule has 1 aliphatic rings. The Labute approximate surface area is 145 Å². The van der Waals surface area contributed by atoms with E-state index >= 15 is 0 Å². The number of benzene rings is 1. The van der Waals surface area contributed by atoms with Crippen molar-refractivity contribution >= 4 is 23.3 Å². The summed E-state index contributed by atoms with van der Waals surface area (Å²) in [5.74, 6) is 0.0816. The van der Waals surface area contributed by atoms with Gasteiger partial charge in [-0.2, -0.15) is 0 Å². The molecule has 0 saturated carbocycles. The summed E-state index contributed by atoms with van der Waals surface area (Å²) in [6, 6.07) is 6.79. The molecule has 0 aliphatic carbocycles. The van der Waals surface area contributed by atoms with E-state index in [-0.39, 0.29) is 17.8 Å². The van der Waals surface area contributed by atoms with Crippen LogP contribution in [0.5, 0.6) is 0 Å². The summed E-state index contributed by atoms with van der Waals surface area (Å²) in [5.41, 5.74) is 1.44. The second-order valence-electron chi connectivity index (χ2n) is 5.90. The van der Waals surface area contributed by atoms with Crippen LogP contribution < -0.4 is 10.6 Å². The largest absolute Gasteiger partial charge is 0.376 e. The number of rotatable bonds is 6. The number of nitrogens with one attached hydrogen (secondary N) is 2. The predicted molar refractivity (Wildman–Crippen MR) is 93.9 cm³/mol. The molecule has 1 saturated heterocycles. The summed E-state index contributed by atoms with van der Waals surface area (Å²) < 4.78 is 5.52. The van der Waals surface area contributed by atoms with Crippen LogP contribution in [0.25, 0.3) is 0 Å². The third-order valence-electron chi connectivity index (χ3n) is 3.95. The fraction of sp³-hybridized carbons (Fsp3) is 0.333. The van der Waals surface area contributed by atoms with E-state index in [1.54, 1.807) is 24.3 Å². The molecule has 1 amide bonds. The minimum atomic E-state index is -0.327. The van der Waals surface area contributed by atoms with Crippen LogP contribution in [0.15, 0.2) is 36.7 Å². The van der Waals surface area contributed by atoms with Gasteiger partial charge in [-0.1, -0.05) is 12.1 Å². The molecule has 2 aromatic rings. The Balaban J connectivity index is 1.58. The topological polar surface area (TPSA) is 93.2 Å². The molecule has 1 fully saturated rings. The molecule has 1 aromatic carbocycles. The molecule has 1 atom stereocenters. The third kappa shape index (κ3) is 4.60. The van der Waals surface area contributed by atoms with Crippen LogP contribution in [-0.4, -0.2) is 40.9 Å². The highest BCUT2D eigenvalue weighted by Crippen LogP contribution is 2.14. The zero-order valence-electron chi connectivity index (χ0n) is 14.0. The molecule has 7 nitrogen and oxygen atoms in total. The number of amides is 1. The van der Waals surface area contributed by atoms with E-state index in [9.17, 15) is 9.59 Å². The van der Waals surface area contributed by atoms with Crippen LogP contribution in [0.1, 0.15) is 40.5 Å². The van der Waals surface area contributed by atoms with E-state index < -0.39 is 0 Å². The van der Waals surface area contributed by atoms with E-state index in [1.807, 2.05) is 0 Å². The molecule has 25 heavy (non-hydrogen) atoms. The highest BCUT2D eigenvalue weighted by atomic mass is 16.5. The number of nitrogens with zero attached hydrogens (tertiary/aromatic N) is 2. The van der Waals surface area contributed by atoms with Crippen LogP contribution >= 0.6 is 0 Å². The Morgan fingerprint density at radius 3 is 2.72 bits per heavy atom. The average molecular weight is 340 g/mol. The molecule has 2 heterocycles. The van der Waals surface area contributed by atoms with Gasteiger partial charge in [-0.05, 0) is 31.9 Å². The quantitative estimate of drug-likeness (QED) is 0.785. The van der Waals surface area contributed by atoms with E-state index in [0.29, 0.717) is 29.3 Å². The summed E-state index contributed by atoms with van der Waals surface area (Å²) in [4.78, 5) is 32.0. The standard InChI is InChI=1S/C18H20N4O3/c1-12(23)13-4-2-5-15(8-13)22-17(24)14-9-19-18(20-10-14)21-11-16-6-3-7-25-16/h2,4-5,8-10,16H,3,6-7,11H2,1H3,(H,22,24)(H,19,20,21). The van der Waals surface area contributed by atoms with Crippen molar-refractivity contribution in [1.29, 1.82) is 0 Å². The third-order valence-corrected chi connectivity index (χ3v) is 3.95. The first kappa shape index (κ1) is 17.0. The van der Waals surface area contributed by atoms with Crippen molar-refractivity contribution in [2.24, 2.45) is 0 Å². The van der Waals surface area contributed by atoms with Crippen molar-refractivity contribution in [2.45, 2.75) is 25.9 Å². The first-order valence-electron chi connectivity index (χ1n) is 8.22. The first-order valence-corrected chi connectivity index (χ1v) is 8.22. The molecule has 0 bridgehead atoms. The fourth-order valence-corrected chi connectivity index (χ4v) is 2.57. The molecular formula is C18H20N4O3. The zero-order chi connectivity index (χ0) is 17.6. The number of carbonyl (C=O) groups is 2. The Kier molecular flexibility index (Phi) is 5.35. The van der Waals surface area contributed by atoms with Gasteiger partial charge in [0, 0.05) is 36.8 Å². The summed E-state index contributed by atoms with van der Waals surface area (Å²) in [7, 11) is 0. The van der Waals surface area contributed by atoms with Crippen molar-refractivity contribution in [1.82, 2.24) is 9.97 Å². The smallest absolute Gasteiger partial charge is 0.258 e. The molecule has 0 spiro atoms. The van der Waals surface area contributed by atoms with Crippen LogP contribution in [0.4, 0.5) is 11.6 Å². The second kappa shape index (κ2) is 7.85. The van der Waals surface area contributed by atoms with Gasteiger partial charge in [0.2, 0.25) is 5.95 Å². The molecule has 130 valence electrons. The van der Waals surface area contributed by atoms with Gasteiger partial charge in [0.25, 0.3) is 5.91 Å². The summed E-state index contributed by atoms with van der Waals surface area (Å²) >= 11 is 0. The lowest BCUT2D eigenvalue weighted by Gasteiger charge is -2.10.